The Bertz CT molecular complexity index is 124. The van der Waals surface area contributed by atoms with Crippen LogP contribution in [0.2, 0.25) is 0 Å². The molecule has 1 heterocycles. The summed E-state index contributed by atoms with van der Waals surface area (Å²) in [6.07, 6.45) is 2.65. The Hall–Kier alpha value is -0.570. The van der Waals surface area contributed by atoms with Crippen LogP contribution in [0.4, 0.5) is 0 Å². The fraction of sp³-hybridized carbons (Fsp3) is 0.714. The second kappa shape index (κ2) is 2.58. The van der Waals surface area contributed by atoms with Gasteiger partial charge in [0.05, 0.1) is 11.9 Å². The van der Waals surface area contributed by atoms with Crippen molar-refractivity contribution in [3.05, 3.63) is 6.92 Å². The van der Waals surface area contributed by atoms with Gasteiger partial charge in [0, 0.05) is 13.1 Å². The van der Waals surface area contributed by atoms with Gasteiger partial charge in [0.1, 0.15) is 0 Å². The molecule has 3 heteroatoms. The first-order valence-electron chi connectivity index (χ1n) is 3.46. The van der Waals surface area contributed by atoms with Crippen molar-refractivity contribution in [1.29, 1.82) is 5.41 Å². The van der Waals surface area contributed by atoms with E-state index in [1.807, 2.05) is 4.90 Å². The fourth-order valence-electron chi connectivity index (χ4n) is 1.07. The van der Waals surface area contributed by atoms with Gasteiger partial charge in [-0.2, -0.15) is 0 Å². The largest absolute Gasteiger partial charge is 0.390 e. The SMILES string of the molecule is [CH2]C1(O)CCN(C=N)CC1. The van der Waals surface area contributed by atoms with Crippen molar-refractivity contribution < 1.29 is 5.11 Å². The zero-order valence-corrected chi connectivity index (χ0v) is 6.01. The molecule has 1 fully saturated rings. The van der Waals surface area contributed by atoms with Gasteiger partial charge in [0.15, 0.2) is 0 Å². The molecule has 1 radical (unpaired) electrons. The molecule has 0 atom stereocenters. The number of likely N-dealkylation sites (tertiary alicyclic amines) is 1. The molecule has 0 amide bonds. The number of rotatable bonds is 1. The lowest BCUT2D eigenvalue weighted by Crippen LogP contribution is -2.41. The average Bonchev–Trinajstić information content (AvgIpc) is 1.88. The molecule has 0 aliphatic carbocycles. The molecule has 1 saturated heterocycles. The van der Waals surface area contributed by atoms with Crippen LogP contribution in [0.3, 0.4) is 0 Å². The summed E-state index contributed by atoms with van der Waals surface area (Å²) in [6.45, 7) is 5.16. The number of nitrogens with one attached hydrogen (secondary N) is 1. The standard InChI is InChI=1S/C7H13N2O/c1-7(10)2-4-9(6-8)5-3-7/h6,8,10H,1-5H2. The summed E-state index contributed by atoms with van der Waals surface area (Å²) in [4.78, 5) is 1.87. The van der Waals surface area contributed by atoms with E-state index in [9.17, 15) is 5.11 Å². The summed E-state index contributed by atoms with van der Waals surface area (Å²) in [5.41, 5.74) is -0.737. The van der Waals surface area contributed by atoms with Crippen molar-refractivity contribution in [2.75, 3.05) is 13.1 Å². The lowest BCUT2D eigenvalue weighted by molar-refractivity contribution is 0.0350. The monoisotopic (exact) mass is 141 g/mol. The quantitative estimate of drug-likeness (QED) is 0.406. The van der Waals surface area contributed by atoms with Crippen LogP contribution in [0.1, 0.15) is 12.8 Å². The van der Waals surface area contributed by atoms with Crippen LogP contribution in [-0.2, 0) is 0 Å². The second-order valence-corrected chi connectivity index (χ2v) is 2.89. The maximum Gasteiger partial charge on any atom is 0.0817 e. The van der Waals surface area contributed by atoms with E-state index in [1.54, 1.807) is 0 Å². The molecule has 0 aromatic carbocycles. The number of aliphatic hydroxyl groups is 1. The predicted octanol–water partition coefficient (Wildman–Crippen LogP) is 0.254. The maximum atomic E-state index is 9.37. The molecular weight excluding hydrogens is 128 g/mol. The van der Waals surface area contributed by atoms with E-state index >= 15 is 0 Å². The van der Waals surface area contributed by atoms with Crippen LogP contribution in [0.15, 0.2) is 0 Å². The summed E-state index contributed by atoms with van der Waals surface area (Å²) in [6, 6.07) is 0. The molecule has 1 aliphatic heterocycles. The second-order valence-electron chi connectivity index (χ2n) is 2.89. The summed E-state index contributed by atoms with van der Waals surface area (Å²) in [5, 5.41) is 16.3. The van der Waals surface area contributed by atoms with Crippen molar-refractivity contribution in [3.63, 3.8) is 0 Å². The first-order valence-corrected chi connectivity index (χ1v) is 3.46. The number of hydrogen-bond donors (Lipinski definition) is 2. The van der Waals surface area contributed by atoms with Gasteiger partial charge in [0.25, 0.3) is 0 Å². The van der Waals surface area contributed by atoms with Gasteiger partial charge in [-0.05, 0) is 19.8 Å². The summed E-state index contributed by atoms with van der Waals surface area (Å²) in [7, 11) is 0. The van der Waals surface area contributed by atoms with Gasteiger partial charge in [-0.15, -0.1) is 0 Å². The number of hydrogen-bond acceptors (Lipinski definition) is 2. The molecule has 0 bridgehead atoms. The topological polar surface area (TPSA) is 47.3 Å². The maximum absolute atomic E-state index is 9.37. The lowest BCUT2D eigenvalue weighted by Gasteiger charge is -2.34. The normalized spacial score (nSPS) is 24.4. The summed E-state index contributed by atoms with van der Waals surface area (Å²) < 4.78 is 0. The third-order valence-corrected chi connectivity index (χ3v) is 1.91. The highest BCUT2D eigenvalue weighted by Gasteiger charge is 2.25. The molecule has 0 unspecified atom stereocenters. The first-order chi connectivity index (χ1) is 4.64. The Kier molecular flexibility index (Phi) is 1.94. The average molecular weight is 141 g/mol. The zero-order chi connectivity index (χ0) is 7.61. The van der Waals surface area contributed by atoms with Crippen molar-refractivity contribution >= 4 is 6.34 Å². The molecule has 0 aromatic heterocycles. The van der Waals surface area contributed by atoms with E-state index in [0.717, 1.165) is 13.1 Å². The van der Waals surface area contributed by atoms with Gasteiger partial charge >= 0.3 is 0 Å². The van der Waals surface area contributed by atoms with Crippen molar-refractivity contribution in [2.24, 2.45) is 0 Å². The minimum absolute atomic E-state index is 0.669. The Labute approximate surface area is 61.2 Å². The van der Waals surface area contributed by atoms with Crippen LogP contribution in [0.25, 0.3) is 0 Å². The fourth-order valence-corrected chi connectivity index (χ4v) is 1.07. The van der Waals surface area contributed by atoms with E-state index < -0.39 is 5.60 Å². The van der Waals surface area contributed by atoms with E-state index in [1.165, 1.54) is 6.34 Å². The van der Waals surface area contributed by atoms with Gasteiger partial charge < -0.3 is 10.0 Å². The first kappa shape index (κ1) is 7.54. The van der Waals surface area contributed by atoms with E-state index in [4.69, 9.17) is 5.41 Å². The Morgan fingerprint density at radius 3 is 2.40 bits per heavy atom. The molecule has 2 N–H and O–H groups in total. The molecular formula is C7H13N2O. The number of piperidine rings is 1. The van der Waals surface area contributed by atoms with Crippen molar-refractivity contribution in [2.45, 2.75) is 18.4 Å². The van der Waals surface area contributed by atoms with Crippen LogP contribution in [-0.4, -0.2) is 35.0 Å². The third-order valence-electron chi connectivity index (χ3n) is 1.91. The minimum atomic E-state index is -0.737. The highest BCUT2D eigenvalue weighted by Crippen LogP contribution is 2.19. The predicted molar refractivity (Wildman–Crippen MR) is 39.9 cm³/mol. The van der Waals surface area contributed by atoms with Crippen molar-refractivity contribution in [3.8, 4) is 0 Å². The molecule has 1 rings (SSSR count). The Morgan fingerprint density at radius 1 is 1.50 bits per heavy atom. The minimum Gasteiger partial charge on any atom is -0.390 e. The van der Waals surface area contributed by atoms with E-state index in [-0.39, 0.29) is 0 Å². The molecule has 10 heavy (non-hydrogen) atoms. The van der Waals surface area contributed by atoms with E-state index in [0.29, 0.717) is 12.8 Å². The van der Waals surface area contributed by atoms with Crippen LogP contribution in [0, 0.1) is 12.3 Å². The molecule has 3 nitrogen and oxygen atoms in total. The van der Waals surface area contributed by atoms with Crippen LogP contribution in [0.5, 0.6) is 0 Å². The van der Waals surface area contributed by atoms with Gasteiger partial charge in [-0.25, -0.2) is 0 Å². The zero-order valence-electron chi connectivity index (χ0n) is 6.01. The number of nitrogens with zero attached hydrogens (tertiary/aromatic N) is 1. The molecule has 1 aliphatic rings. The third kappa shape index (κ3) is 1.70. The summed E-state index contributed by atoms with van der Waals surface area (Å²) >= 11 is 0. The molecule has 57 valence electrons. The highest BCUT2D eigenvalue weighted by atomic mass is 16.3. The van der Waals surface area contributed by atoms with Gasteiger partial charge in [-0.3, -0.25) is 5.41 Å². The smallest absolute Gasteiger partial charge is 0.0817 e. The van der Waals surface area contributed by atoms with Crippen LogP contribution < -0.4 is 0 Å². The van der Waals surface area contributed by atoms with Crippen LogP contribution >= 0.6 is 0 Å². The lowest BCUT2D eigenvalue weighted by atomic mass is 9.94. The highest BCUT2D eigenvalue weighted by molar-refractivity contribution is 5.50. The molecule has 0 aromatic rings. The molecule has 0 saturated carbocycles. The van der Waals surface area contributed by atoms with Gasteiger partial charge in [-0.1, -0.05) is 0 Å². The van der Waals surface area contributed by atoms with Crippen molar-refractivity contribution in [1.82, 2.24) is 4.90 Å². The molecule has 0 spiro atoms. The van der Waals surface area contributed by atoms with Gasteiger partial charge in [0.2, 0.25) is 0 Å². The Morgan fingerprint density at radius 2 is 2.00 bits per heavy atom. The summed E-state index contributed by atoms with van der Waals surface area (Å²) in [5.74, 6) is 0. The Balaban J connectivity index is 2.38. The van der Waals surface area contributed by atoms with E-state index in [2.05, 4.69) is 6.92 Å².